The van der Waals surface area contributed by atoms with Crippen molar-refractivity contribution in [1.82, 2.24) is 9.97 Å². The van der Waals surface area contributed by atoms with E-state index in [1.54, 1.807) is 0 Å². The van der Waals surface area contributed by atoms with Crippen LogP contribution in [0.1, 0.15) is 30.8 Å². The van der Waals surface area contributed by atoms with E-state index in [1.807, 2.05) is 32.2 Å². The molecule has 1 atom stereocenters. The average Bonchev–Trinajstić information content (AvgIpc) is 2.86. The molecule has 2 aromatic heterocycles. The molecule has 5 nitrogen and oxygen atoms in total. The van der Waals surface area contributed by atoms with Gasteiger partial charge in [-0.3, -0.25) is 0 Å². The maximum atomic E-state index is 5.90. The van der Waals surface area contributed by atoms with Crippen LogP contribution in [0.15, 0.2) is 22.7 Å². The van der Waals surface area contributed by atoms with Crippen molar-refractivity contribution in [3.8, 4) is 11.3 Å². The zero-order valence-corrected chi connectivity index (χ0v) is 12.7. The second kappa shape index (κ2) is 5.85. The number of aromatic nitrogens is 2. The fraction of sp³-hybridized carbons (Fsp3) is 0.500. The number of hydrogen-bond donors (Lipinski definition) is 1. The number of nitrogens with two attached hydrogens (primary N) is 1. The molecule has 21 heavy (non-hydrogen) atoms. The van der Waals surface area contributed by atoms with E-state index in [0.717, 1.165) is 41.7 Å². The minimum Gasteiger partial charge on any atom is -0.466 e. The molecule has 3 rings (SSSR count). The summed E-state index contributed by atoms with van der Waals surface area (Å²) in [5, 5.41) is 0. The number of aryl methyl sites for hydroxylation is 2. The van der Waals surface area contributed by atoms with Crippen LogP contribution in [0.25, 0.3) is 11.3 Å². The Labute approximate surface area is 125 Å². The Balaban J connectivity index is 1.94. The van der Waals surface area contributed by atoms with Gasteiger partial charge in [0.2, 0.25) is 5.95 Å². The predicted molar refractivity (Wildman–Crippen MR) is 83.2 cm³/mol. The minimum atomic E-state index is 0.348. The quantitative estimate of drug-likeness (QED) is 0.939. The number of rotatable bonds is 3. The van der Waals surface area contributed by atoms with Gasteiger partial charge in [0, 0.05) is 30.9 Å². The van der Waals surface area contributed by atoms with Gasteiger partial charge >= 0.3 is 0 Å². The van der Waals surface area contributed by atoms with Gasteiger partial charge in [0.15, 0.2) is 0 Å². The second-order valence-corrected chi connectivity index (χ2v) is 5.65. The van der Waals surface area contributed by atoms with Gasteiger partial charge in [-0.15, -0.1) is 0 Å². The molecule has 1 aliphatic rings. The molecule has 1 unspecified atom stereocenters. The lowest BCUT2D eigenvalue weighted by Gasteiger charge is -2.35. The van der Waals surface area contributed by atoms with Crippen molar-refractivity contribution in [3.63, 3.8) is 0 Å². The van der Waals surface area contributed by atoms with E-state index in [1.165, 1.54) is 12.8 Å². The summed E-state index contributed by atoms with van der Waals surface area (Å²) in [5.74, 6) is 2.58. The van der Waals surface area contributed by atoms with Crippen molar-refractivity contribution < 1.29 is 4.42 Å². The highest BCUT2D eigenvalue weighted by atomic mass is 16.3. The Kier molecular flexibility index (Phi) is 3.92. The van der Waals surface area contributed by atoms with E-state index in [-0.39, 0.29) is 0 Å². The molecule has 2 aromatic rings. The number of anilines is 1. The topological polar surface area (TPSA) is 68.2 Å². The molecule has 0 spiro atoms. The van der Waals surface area contributed by atoms with Gasteiger partial charge in [0.05, 0.1) is 5.69 Å². The summed E-state index contributed by atoms with van der Waals surface area (Å²) in [7, 11) is 0. The molecule has 3 heterocycles. The molecule has 2 N–H and O–H groups in total. The second-order valence-electron chi connectivity index (χ2n) is 5.65. The molecule has 1 fully saturated rings. The Bertz CT molecular complexity index is 622. The molecular formula is C16H22N4O. The van der Waals surface area contributed by atoms with Crippen molar-refractivity contribution in [2.24, 2.45) is 5.73 Å². The SMILES string of the molecule is Cc1cc(-c2ccnc(N3CCCCC3CN)n2)c(C)o1. The highest BCUT2D eigenvalue weighted by molar-refractivity contribution is 5.63. The van der Waals surface area contributed by atoms with E-state index in [9.17, 15) is 0 Å². The summed E-state index contributed by atoms with van der Waals surface area (Å²) < 4.78 is 5.60. The van der Waals surface area contributed by atoms with Gasteiger partial charge in [0.25, 0.3) is 0 Å². The minimum absolute atomic E-state index is 0.348. The summed E-state index contributed by atoms with van der Waals surface area (Å²) in [6, 6.07) is 4.31. The fourth-order valence-corrected chi connectivity index (χ4v) is 3.03. The van der Waals surface area contributed by atoms with Crippen molar-refractivity contribution >= 4 is 5.95 Å². The van der Waals surface area contributed by atoms with Gasteiger partial charge in [-0.2, -0.15) is 0 Å². The molecular weight excluding hydrogens is 264 g/mol. The average molecular weight is 286 g/mol. The van der Waals surface area contributed by atoms with Gasteiger partial charge in [-0.25, -0.2) is 9.97 Å². The lowest BCUT2D eigenvalue weighted by molar-refractivity contribution is 0.458. The lowest BCUT2D eigenvalue weighted by Crippen LogP contribution is -2.45. The predicted octanol–water partition coefficient (Wildman–Crippen LogP) is 2.67. The molecule has 5 heteroatoms. The monoisotopic (exact) mass is 286 g/mol. The summed E-state index contributed by atoms with van der Waals surface area (Å²) in [6.07, 6.45) is 5.35. The van der Waals surface area contributed by atoms with Crippen molar-refractivity contribution in [2.45, 2.75) is 39.2 Å². The van der Waals surface area contributed by atoms with Crippen LogP contribution in [0.4, 0.5) is 5.95 Å². The molecule has 0 bridgehead atoms. The van der Waals surface area contributed by atoms with E-state index in [2.05, 4.69) is 9.88 Å². The fourth-order valence-electron chi connectivity index (χ4n) is 3.03. The Morgan fingerprint density at radius 3 is 2.95 bits per heavy atom. The number of furan rings is 1. The molecule has 0 saturated carbocycles. The Morgan fingerprint density at radius 2 is 2.24 bits per heavy atom. The number of nitrogens with zero attached hydrogens (tertiary/aromatic N) is 3. The van der Waals surface area contributed by atoms with Crippen molar-refractivity contribution in [2.75, 3.05) is 18.0 Å². The normalized spacial score (nSPS) is 19.0. The maximum Gasteiger partial charge on any atom is 0.226 e. The van der Waals surface area contributed by atoms with Crippen LogP contribution in [0.2, 0.25) is 0 Å². The van der Waals surface area contributed by atoms with Gasteiger partial charge in [0.1, 0.15) is 11.5 Å². The van der Waals surface area contributed by atoms with Crippen LogP contribution in [-0.4, -0.2) is 29.1 Å². The molecule has 0 amide bonds. The standard InChI is InChI=1S/C16H22N4O/c1-11-9-14(12(2)21-11)15-6-7-18-16(19-15)20-8-4-3-5-13(20)10-17/h6-7,9,13H,3-5,8,10,17H2,1-2H3. The summed E-state index contributed by atoms with van der Waals surface area (Å²) in [5.41, 5.74) is 7.85. The smallest absolute Gasteiger partial charge is 0.226 e. The first-order valence-corrected chi connectivity index (χ1v) is 7.56. The molecule has 1 aliphatic heterocycles. The van der Waals surface area contributed by atoms with Gasteiger partial charge in [-0.1, -0.05) is 0 Å². The van der Waals surface area contributed by atoms with Crippen LogP contribution >= 0.6 is 0 Å². The molecule has 112 valence electrons. The van der Waals surface area contributed by atoms with Gasteiger partial charge in [-0.05, 0) is 45.2 Å². The van der Waals surface area contributed by atoms with Crippen molar-refractivity contribution in [1.29, 1.82) is 0 Å². The Morgan fingerprint density at radius 1 is 1.38 bits per heavy atom. The highest BCUT2D eigenvalue weighted by Gasteiger charge is 2.23. The largest absolute Gasteiger partial charge is 0.466 e. The third-order valence-corrected chi connectivity index (χ3v) is 4.12. The van der Waals surface area contributed by atoms with E-state index in [4.69, 9.17) is 15.1 Å². The first-order chi connectivity index (χ1) is 10.2. The van der Waals surface area contributed by atoms with Crippen LogP contribution in [0.5, 0.6) is 0 Å². The van der Waals surface area contributed by atoms with Crippen LogP contribution in [-0.2, 0) is 0 Å². The lowest BCUT2D eigenvalue weighted by atomic mass is 10.0. The number of hydrogen-bond acceptors (Lipinski definition) is 5. The molecule has 0 aliphatic carbocycles. The third kappa shape index (κ3) is 2.78. The Hall–Kier alpha value is -1.88. The third-order valence-electron chi connectivity index (χ3n) is 4.12. The van der Waals surface area contributed by atoms with E-state index < -0.39 is 0 Å². The maximum absolute atomic E-state index is 5.90. The zero-order chi connectivity index (χ0) is 14.8. The van der Waals surface area contributed by atoms with Crippen LogP contribution < -0.4 is 10.6 Å². The highest BCUT2D eigenvalue weighted by Crippen LogP contribution is 2.27. The van der Waals surface area contributed by atoms with Crippen LogP contribution in [0, 0.1) is 13.8 Å². The summed E-state index contributed by atoms with van der Waals surface area (Å²) in [4.78, 5) is 11.4. The first-order valence-electron chi connectivity index (χ1n) is 7.56. The molecule has 0 aromatic carbocycles. The summed E-state index contributed by atoms with van der Waals surface area (Å²) >= 11 is 0. The van der Waals surface area contributed by atoms with E-state index in [0.29, 0.717) is 12.6 Å². The summed E-state index contributed by atoms with van der Waals surface area (Å²) in [6.45, 7) is 5.55. The van der Waals surface area contributed by atoms with Crippen LogP contribution in [0.3, 0.4) is 0 Å². The van der Waals surface area contributed by atoms with Crippen molar-refractivity contribution in [3.05, 3.63) is 29.9 Å². The van der Waals surface area contributed by atoms with Gasteiger partial charge < -0.3 is 15.1 Å². The number of piperidine rings is 1. The first kappa shape index (κ1) is 14.1. The zero-order valence-electron chi connectivity index (χ0n) is 12.7. The molecule has 1 saturated heterocycles. The molecule has 0 radical (unpaired) electrons. The van der Waals surface area contributed by atoms with E-state index >= 15 is 0 Å².